The maximum absolute atomic E-state index is 12.0. The molecule has 1 aromatic carbocycles. The first-order valence-electron chi connectivity index (χ1n) is 7.29. The van der Waals surface area contributed by atoms with Crippen LogP contribution in [0, 0.1) is 0 Å². The number of amides is 2. The number of para-hydroxylation sites is 1. The van der Waals surface area contributed by atoms with Crippen LogP contribution in [-0.4, -0.2) is 22.6 Å². The Morgan fingerprint density at radius 2 is 2.00 bits per heavy atom. The van der Waals surface area contributed by atoms with Crippen molar-refractivity contribution in [3.8, 4) is 0 Å². The van der Waals surface area contributed by atoms with Gasteiger partial charge in [0.15, 0.2) is 0 Å². The minimum Gasteiger partial charge on any atom is -0.366 e. The second kappa shape index (κ2) is 7.46. The number of hydrogen-bond acceptors (Lipinski definition) is 5. The van der Waals surface area contributed by atoms with Crippen LogP contribution in [0.15, 0.2) is 52.9 Å². The number of primary amides is 1. The van der Waals surface area contributed by atoms with Gasteiger partial charge in [-0.1, -0.05) is 24.3 Å². The molecular weight excluding hydrogens is 342 g/mol. The highest BCUT2D eigenvalue weighted by molar-refractivity contribution is 7.99. The number of fused-ring (bicyclic) bond motifs is 1. The minimum atomic E-state index is -0.540. The summed E-state index contributed by atoms with van der Waals surface area (Å²) in [5, 5.41) is 6.94. The van der Waals surface area contributed by atoms with Gasteiger partial charge in [-0.2, -0.15) is 0 Å². The van der Waals surface area contributed by atoms with E-state index in [1.54, 1.807) is 11.4 Å². The number of thioether (sulfide) groups is 1. The minimum absolute atomic E-state index is 0.145. The number of carbonyl (C=O) groups excluding carboxylic acids is 2. The quantitative estimate of drug-likeness (QED) is 0.661. The molecule has 0 unspecified atom stereocenters. The van der Waals surface area contributed by atoms with E-state index in [0.29, 0.717) is 22.7 Å². The van der Waals surface area contributed by atoms with Crippen molar-refractivity contribution in [2.24, 2.45) is 5.73 Å². The zero-order valence-corrected chi connectivity index (χ0v) is 14.3. The van der Waals surface area contributed by atoms with Crippen LogP contribution in [0.4, 0.5) is 5.00 Å². The molecule has 0 saturated heterocycles. The lowest BCUT2D eigenvalue weighted by Crippen LogP contribution is -2.16. The highest BCUT2D eigenvalue weighted by atomic mass is 32.2. The van der Waals surface area contributed by atoms with E-state index in [2.05, 4.69) is 10.3 Å². The number of thiophene rings is 1. The van der Waals surface area contributed by atoms with Crippen LogP contribution in [0.1, 0.15) is 16.8 Å². The summed E-state index contributed by atoms with van der Waals surface area (Å²) >= 11 is 2.81. The Bertz CT molecular complexity index is 892. The van der Waals surface area contributed by atoms with Gasteiger partial charge in [0, 0.05) is 17.6 Å². The van der Waals surface area contributed by atoms with E-state index in [0.717, 1.165) is 15.9 Å². The van der Waals surface area contributed by atoms with E-state index in [1.165, 1.54) is 23.1 Å². The summed E-state index contributed by atoms with van der Waals surface area (Å²) in [6.45, 7) is 0. The second-order valence-electron chi connectivity index (χ2n) is 5.02. The van der Waals surface area contributed by atoms with Gasteiger partial charge in [0.1, 0.15) is 5.00 Å². The lowest BCUT2D eigenvalue weighted by atomic mass is 10.2. The van der Waals surface area contributed by atoms with Gasteiger partial charge in [-0.3, -0.25) is 9.59 Å². The van der Waals surface area contributed by atoms with Crippen molar-refractivity contribution in [2.45, 2.75) is 11.4 Å². The van der Waals surface area contributed by atoms with Crippen LogP contribution in [0.5, 0.6) is 0 Å². The van der Waals surface area contributed by atoms with Crippen LogP contribution < -0.4 is 11.1 Å². The fraction of sp³-hybridized carbons (Fsp3) is 0.118. The smallest absolute Gasteiger partial charge is 0.251 e. The highest BCUT2D eigenvalue weighted by Crippen LogP contribution is 2.24. The monoisotopic (exact) mass is 357 g/mol. The summed E-state index contributed by atoms with van der Waals surface area (Å²) in [5.41, 5.74) is 6.55. The summed E-state index contributed by atoms with van der Waals surface area (Å²) in [5.74, 6) is -0.0800. The molecule has 0 aliphatic heterocycles. The van der Waals surface area contributed by atoms with Crippen LogP contribution in [0.25, 0.3) is 10.9 Å². The summed E-state index contributed by atoms with van der Waals surface area (Å²) in [6, 6.07) is 13.5. The van der Waals surface area contributed by atoms with E-state index in [4.69, 9.17) is 5.73 Å². The summed E-state index contributed by atoms with van der Waals surface area (Å²) in [7, 11) is 0. The largest absolute Gasteiger partial charge is 0.366 e. The Kier molecular flexibility index (Phi) is 5.12. The molecule has 0 fully saturated rings. The number of rotatable bonds is 6. The van der Waals surface area contributed by atoms with Crippen molar-refractivity contribution >= 4 is 50.8 Å². The van der Waals surface area contributed by atoms with Crippen molar-refractivity contribution in [1.82, 2.24) is 4.98 Å². The molecule has 24 heavy (non-hydrogen) atoms. The molecule has 7 heteroatoms. The van der Waals surface area contributed by atoms with Crippen molar-refractivity contribution in [2.75, 3.05) is 11.1 Å². The van der Waals surface area contributed by atoms with E-state index in [1.807, 2.05) is 36.4 Å². The Morgan fingerprint density at radius 3 is 2.83 bits per heavy atom. The molecule has 0 spiro atoms. The Balaban J connectivity index is 1.54. The third-order valence-corrected chi connectivity index (χ3v) is 5.10. The molecule has 2 amide bonds. The van der Waals surface area contributed by atoms with Crippen molar-refractivity contribution in [3.63, 3.8) is 0 Å². The summed E-state index contributed by atoms with van der Waals surface area (Å²) in [4.78, 5) is 27.8. The van der Waals surface area contributed by atoms with Gasteiger partial charge >= 0.3 is 0 Å². The molecule has 0 saturated carbocycles. The van der Waals surface area contributed by atoms with Gasteiger partial charge < -0.3 is 11.1 Å². The number of anilines is 1. The summed E-state index contributed by atoms with van der Waals surface area (Å²) in [6.07, 6.45) is 0.329. The lowest BCUT2D eigenvalue weighted by molar-refractivity contribution is -0.115. The standard InChI is InChI=1S/C17H15N3O2S2/c18-16(22)12-7-9-24-17(12)20-14(21)8-10-23-15-6-5-11-3-1-2-4-13(11)19-15/h1-7,9H,8,10H2,(H2,18,22)(H,20,21). The number of pyridine rings is 1. The number of hydrogen-bond donors (Lipinski definition) is 2. The molecule has 3 rings (SSSR count). The first kappa shape index (κ1) is 16.5. The molecule has 2 aromatic heterocycles. The van der Waals surface area contributed by atoms with Gasteiger partial charge in [0.05, 0.1) is 16.1 Å². The van der Waals surface area contributed by atoms with E-state index >= 15 is 0 Å². The van der Waals surface area contributed by atoms with Gasteiger partial charge in [0.25, 0.3) is 5.91 Å². The molecule has 3 aromatic rings. The molecule has 0 bridgehead atoms. The number of nitrogens with two attached hydrogens (primary N) is 1. The molecule has 0 radical (unpaired) electrons. The first-order chi connectivity index (χ1) is 11.6. The number of carbonyl (C=O) groups is 2. The van der Waals surface area contributed by atoms with Crippen LogP contribution in [0.2, 0.25) is 0 Å². The maximum Gasteiger partial charge on any atom is 0.251 e. The normalized spacial score (nSPS) is 10.7. The van der Waals surface area contributed by atoms with Gasteiger partial charge in [-0.05, 0) is 23.6 Å². The fourth-order valence-corrected chi connectivity index (χ4v) is 3.80. The van der Waals surface area contributed by atoms with Gasteiger partial charge in [-0.15, -0.1) is 23.1 Å². The Labute approximate surface area is 147 Å². The number of nitrogens with zero attached hydrogens (tertiary/aromatic N) is 1. The Hall–Kier alpha value is -2.38. The molecule has 5 nitrogen and oxygen atoms in total. The van der Waals surface area contributed by atoms with E-state index in [9.17, 15) is 9.59 Å². The second-order valence-corrected chi connectivity index (χ2v) is 7.05. The topological polar surface area (TPSA) is 85.1 Å². The van der Waals surface area contributed by atoms with Crippen LogP contribution in [0.3, 0.4) is 0 Å². The molecule has 0 aliphatic rings. The number of benzene rings is 1. The molecular formula is C17H15N3O2S2. The van der Waals surface area contributed by atoms with Crippen molar-refractivity contribution in [1.29, 1.82) is 0 Å². The zero-order valence-electron chi connectivity index (χ0n) is 12.7. The SMILES string of the molecule is NC(=O)c1ccsc1NC(=O)CCSc1ccc2ccccc2n1. The third-order valence-electron chi connectivity index (χ3n) is 3.34. The fourth-order valence-electron chi connectivity index (χ4n) is 2.17. The molecule has 2 heterocycles. The predicted molar refractivity (Wildman–Crippen MR) is 98.6 cm³/mol. The molecule has 3 N–H and O–H groups in total. The third kappa shape index (κ3) is 3.93. The predicted octanol–water partition coefficient (Wildman–Crippen LogP) is 3.52. The first-order valence-corrected chi connectivity index (χ1v) is 9.16. The van der Waals surface area contributed by atoms with E-state index in [-0.39, 0.29) is 5.91 Å². The molecule has 122 valence electrons. The van der Waals surface area contributed by atoms with Crippen LogP contribution >= 0.6 is 23.1 Å². The van der Waals surface area contributed by atoms with Gasteiger partial charge in [-0.25, -0.2) is 4.98 Å². The average Bonchev–Trinajstić information content (AvgIpc) is 3.03. The summed E-state index contributed by atoms with van der Waals surface area (Å²) < 4.78 is 0. The van der Waals surface area contributed by atoms with Gasteiger partial charge in [0.2, 0.25) is 5.91 Å². The molecule has 0 aliphatic carbocycles. The lowest BCUT2D eigenvalue weighted by Gasteiger charge is -2.05. The highest BCUT2D eigenvalue weighted by Gasteiger charge is 2.12. The van der Waals surface area contributed by atoms with Crippen LogP contribution in [-0.2, 0) is 4.79 Å². The van der Waals surface area contributed by atoms with E-state index < -0.39 is 5.91 Å². The van der Waals surface area contributed by atoms with Crippen molar-refractivity contribution in [3.05, 3.63) is 53.4 Å². The molecule has 0 atom stereocenters. The maximum atomic E-state index is 12.0. The number of nitrogens with one attached hydrogen (secondary N) is 1. The average molecular weight is 357 g/mol. The van der Waals surface area contributed by atoms with Crippen molar-refractivity contribution < 1.29 is 9.59 Å². The Morgan fingerprint density at radius 1 is 1.17 bits per heavy atom. The zero-order chi connectivity index (χ0) is 16.9. The number of aromatic nitrogens is 1.